The number of fused-ring (bicyclic) bond motifs is 1. The van der Waals surface area contributed by atoms with E-state index < -0.39 is 27.1 Å². The molecular weight excluding hydrogens is 585 g/mol. The van der Waals surface area contributed by atoms with Crippen molar-refractivity contribution in [3.05, 3.63) is 132 Å². The Labute approximate surface area is 258 Å². The molecule has 0 aromatic heterocycles. The standard InChI is InChI=1S/C36H32O6Si2/c1-39-31-29(35(37)41-3)30(36(38)42-4)32(40-2)34-33(31)43(25-17-9-5-10-18-25,26-19-11-6-12-20-26)44(34,27-21-13-7-14-22-27)28-23-15-8-16-24-28/h5-24H,1-4H3. The minimum atomic E-state index is -3.17. The van der Waals surface area contributed by atoms with Gasteiger partial charge in [-0.05, 0) is 10.4 Å². The van der Waals surface area contributed by atoms with Crippen molar-refractivity contribution in [2.24, 2.45) is 0 Å². The van der Waals surface area contributed by atoms with Crippen LogP contribution in [0.1, 0.15) is 20.7 Å². The first-order valence-corrected chi connectivity index (χ1v) is 19.3. The van der Waals surface area contributed by atoms with E-state index in [-0.39, 0.29) is 11.1 Å². The van der Waals surface area contributed by atoms with Crippen LogP contribution in [0.25, 0.3) is 0 Å². The van der Waals surface area contributed by atoms with Gasteiger partial charge in [0.25, 0.3) is 0 Å². The molecule has 0 saturated carbocycles. The second kappa shape index (κ2) is 11.6. The molecule has 1 aliphatic heterocycles. The average Bonchev–Trinajstić information content (AvgIpc) is 3.09. The lowest BCUT2D eigenvalue weighted by molar-refractivity contribution is 0.0549. The topological polar surface area (TPSA) is 71.1 Å². The van der Waals surface area contributed by atoms with Crippen LogP contribution in [0.2, 0.25) is 0 Å². The molecule has 8 heteroatoms. The lowest BCUT2D eigenvalue weighted by atomic mass is 10.0. The number of esters is 2. The second-order valence-corrected chi connectivity index (χ2v) is 21.3. The number of carbonyl (C=O) groups is 2. The van der Waals surface area contributed by atoms with Gasteiger partial charge >= 0.3 is 11.9 Å². The Morgan fingerprint density at radius 3 is 0.886 bits per heavy atom. The molecule has 44 heavy (non-hydrogen) atoms. The predicted molar refractivity (Wildman–Crippen MR) is 177 cm³/mol. The molecule has 1 aliphatic rings. The van der Waals surface area contributed by atoms with E-state index in [4.69, 9.17) is 18.9 Å². The van der Waals surface area contributed by atoms with Gasteiger partial charge in [0.2, 0.25) is 0 Å². The molecule has 1 heterocycles. The van der Waals surface area contributed by atoms with E-state index in [1.54, 1.807) is 0 Å². The molecular formula is C36H32O6Si2. The number of hydrogen-bond donors (Lipinski definition) is 0. The summed E-state index contributed by atoms with van der Waals surface area (Å²) < 4.78 is 23.0. The van der Waals surface area contributed by atoms with Crippen LogP contribution in [-0.4, -0.2) is 55.6 Å². The minimum absolute atomic E-state index is 0.00455. The van der Waals surface area contributed by atoms with Gasteiger partial charge in [-0.25, -0.2) is 9.59 Å². The highest BCUT2D eigenvalue weighted by molar-refractivity contribution is 7.73. The summed E-state index contributed by atoms with van der Waals surface area (Å²) in [5, 5.41) is 6.48. The molecule has 220 valence electrons. The molecule has 0 unspecified atom stereocenters. The van der Waals surface area contributed by atoms with Gasteiger partial charge in [-0.15, -0.1) is 0 Å². The Morgan fingerprint density at radius 1 is 0.432 bits per heavy atom. The molecule has 0 saturated heterocycles. The molecule has 0 N–H and O–H groups in total. The van der Waals surface area contributed by atoms with Crippen LogP contribution in [0.4, 0.5) is 0 Å². The zero-order valence-corrected chi connectivity index (χ0v) is 27.0. The first-order valence-electron chi connectivity index (χ1n) is 14.3. The van der Waals surface area contributed by atoms with E-state index >= 15 is 0 Å². The summed E-state index contributed by atoms with van der Waals surface area (Å²) >= 11 is 0. The zero-order valence-electron chi connectivity index (χ0n) is 25.0. The van der Waals surface area contributed by atoms with Gasteiger partial charge in [0.15, 0.2) is 15.2 Å². The molecule has 0 bridgehead atoms. The largest absolute Gasteiger partial charge is 0.496 e. The average molecular weight is 617 g/mol. The Morgan fingerprint density at radius 2 is 0.682 bits per heavy atom. The monoisotopic (exact) mass is 616 g/mol. The van der Waals surface area contributed by atoms with Crippen LogP contribution in [0.5, 0.6) is 11.5 Å². The summed E-state index contributed by atoms with van der Waals surface area (Å²) in [4.78, 5) is 27.3. The van der Waals surface area contributed by atoms with Crippen LogP contribution in [0, 0.1) is 0 Å². The maximum Gasteiger partial charge on any atom is 0.342 e. The molecule has 5 aromatic rings. The van der Waals surface area contributed by atoms with Crippen LogP contribution >= 0.6 is 0 Å². The normalized spacial score (nSPS) is 14.0. The fourth-order valence-electron chi connectivity index (χ4n) is 7.26. The number of ether oxygens (including phenoxy) is 4. The molecule has 0 atom stereocenters. The van der Waals surface area contributed by atoms with Crippen LogP contribution < -0.4 is 40.6 Å². The Bertz CT molecular complexity index is 1610. The van der Waals surface area contributed by atoms with E-state index in [0.717, 1.165) is 10.4 Å². The highest BCUT2D eigenvalue weighted by Crippen LogP contribution is 2.41. The van der Waals surface area contributed by atoms with Crippen molar-refractivity contribution in [2.75, 3.05) is 28.4 Å². The maximum atomic E-state index is 13.6. The van der Waals surface area contributed by atoms with E-state index in [0.29, 0.717) is 11.5 Å². The summed E-state index contributed by atoms with van der Waals surface area (Å²) in [5.74, 6) is -0.762. The summed E-state index contributed by atoms with van der Waals surface area (Å²) in [6, 6.07) is 42.1. The highest BCUT2D eigenvalue weighted by Gasteiger charge is 2.73. The molecule has 6 nitrogen and oxygen atoms in total. The quantitative estimate of drug-likeness (QED) is 0.197. The van der Waals surface area contributed by atoms with E-state index in [1.807, 2.05) is 24.3 Å². The molecule has 0 spiro atoms. The van der Waals surface area contributed by atoms with Crippen LogP contribution in [-0.2, 0) is 9.47 Å². The minimum Gasteiger partial charge on any atom is -0.496 e. The Balaban J connectivity index is 1.99. The second-order valence-electron chi connectivity index (χ2n) is 10.5. The fourth-order valence-corrected chi connectivity index (χ4v) is 27.6. The smallest absolute Gasteiger partial charge is 0.342 e. The lowest BCUT2D eigenvalue weighted by Crippen LogP contribution is -3.04. The third kappa shape index (κ3) is 3.84. The lowest BCUT2D eigenvalue weighted by Gasteiger charge is -2.59. The van der Waals surface area contributed by atoms with Crippen molar-refractivity contribution in [2.45, 2.75) is 0 Å². The number of rotatable bonds is 8. The van der Waals surface area contributed by atoms with Crippen molar-refractivity contribution >= 4 is 58.2 Å². The van der Waals surface area contributed by atoms with Gasteiger partial charge in [-0.1, -0.05) is 142 Å². The van der Waals surface area contributed by atoms with Gasteiger partial charge in [0.05, 0.1) is 28.4 Å². The first kappa shape index (κ1) is 29.2. The van der Waals surface area contributed by atoms with Gasteiger partial charge < -0.3 is 18.9 Å². The van der Waals surface area contributed by atoms with E-state index in [2.05, 4.69) is 97.1 Å². The summed E-state index contributed by atoms with van der Waals surface area (Å²) in [6.45, 7) is 0. The van der Waals surface area contributed by atoms with Gasteiger partial charge in [0, 0.05) is 0 Å². The molecule has 6 rings (SSSR count). The fraction of sp³-hybridized carbons (Fsp3) is 0.111. The first-order chi connectivity index (χ1) is 21.5. The van der Waals surface area contributed by atoms with Gasteiger partial charge in [-0.3, -0.25) is 0 Å². The Kier molecular flexibility index (Phi) is 7.71. The number of hydrogen-bond acceptors (Lipinski definition) is 6. The van der Waals surface area contributed by atoms with Crippen molar-refractivity contribution in [3.63, 3.8) is 0 Å². The van der Waals surface area contributed by atoms with Crippen LogP contribution in [0.3, 0.4) is 0 Å². The van der Waals surface area contributed by atoms with E-state index in [9.17, 15) is 9.59 Å². The third-order valence-corrected chi connectivity index (χ3v) is 25.7. The SMILES string of the molecule is COC(=O)c1c(OC)c2c(c(OC)c1C(=O)OC)[Si](c1ccccc1)(c1ccccc1)[Si]2(c1ccccc1)c1ccccc1. The molecule has 0 amide bonds. The zero-order chi connectivity index (χ0) is 30.9. The summed E-state index contributed by atoms with van der Waals surface area (Å²) in [7, 11) is -0.686. The third-order valence-electron chi connectivity index (χ3n) is 8.74. The number of methoxy groups -OCH3 is 4. The molecule has 0 fully saturated rings. The summed E-state index contributed by atoms with van der Waals surface area (Å²) in [6.07, 6.45) is 0. The molecule has 0 radical (unpaired) electrons. The van der Waals surface area contributed by atoms with Crippen molar-refractivity contribution in [1.82, 2.24) is 0 Å². The van der Waals surface area contributed by atoms with Gasteiger partial charge in [0.1, 0.15) is 22.6 Å². The molecule has 0 aliphatic carbocycles. The number of carbonyl (C=O) groups excluding carboxylic acids is 2. The Hall–Kier alpha value is -4.93. The predicted octanol–water partition coefficient (Wildman–Crippen LogP) is 2.31. The highest BCUT2D eigenvalue weighted by atomic mass is 29.3. The van der Waals surface area contributed by atoms with Gasteiger partial charge in [-0.2, -0.15) is 0 Å². The summed E-state index contributed by atoms with van der Waals surface area (Å²) in [5.41, 5.74) is 0.00909. The molecule has 5 aromatic carbocycles. The number of benzene rings is 5. The van der Waals surface area contributed by atoms with Crippen LogP contribution in [0.15, 0.2) is 121 Å². The van der Waals surface area contributed by atoms with Crippen molar-refractivity contribution < 1.29 is 28.5 Å². The van der Waals surface area contributed by atoms with Crippen molar-refractivity contribution in [3.8, 4) is 11.5 Å². The van der Waals surface area contributed by atoms with Crippen molar-refractivity contribution in [1.29, 1.82) is 0 Å². The van der Waals surface area contributed by atoms with E-state index in [1.165, 1.54) is 49.2 Å². The maximum absolute atomic E-state index is 13.6.